The summed E-state index contributed by atoms with van der Waals surface area (Å²) in [5.74, 6) is 0.760. The molecule has 0 saturated carbocycles. The Balaban J connectivity index is 1.75. The van der Waals surface area contributed by atoms with E-state index < -0.39 is 0 Å². The minimum absolute atomic E-state index is 0.231. The van der Waals surface area contributed by atoms with Gasteiger partial charge in [-0.1, -0.05) is 42.5 Å². The Morgan fingerprint density at radius 1 is 0.964 bits per heavy atom. The Morgan fingerprint density at radius 2 is 1.71 bits per heavy atom. The highest BCUT2D eigenvalue weighted by Gasteiger charge is 2.39. The van der Waals surface area contributed by atoms with Gasteiger partial charge in [-0.05, 0) is 28.0 Å². The van der Waals surface area contributed by atoms with Crippen LogP contribution in [0.15, 0.2) is 65.9 Å². The quantitative estimate of drug-likeness (QED) is 0.697. The number of esters is 1. The monoisotopic (exact) mass is 373 g/mol. The predicted octanol–water partition coefficient (Wildman–Crippen LogP) is 4.23. The fraction of sp³-hybridized carbons (Fsp3) is 0.174. The lowest BCUT2D eigenvalue weighted by Crippen LogP contribution is -2.20. The average Bonchev–Trinajstić information content (AvgIpc) is 3.10. The maximum atomic E-state index is 12.6. The molecule has 0 fully saturated rings. The van der Waals surface area contributed by atoms with Crippen molar-refractivity contribution < 1.29 is 19.0 Å². The number of rotatable bonds is 3. The van der Waals surface area contributed by atoms with Crippen molar-refractivity contribution in [2.24, 2.45) is 0 Å². The molecule has 0 unspecified atom stereocenters. The van der Waals surface area contributed by atoms with Crippen LogP contribution in [0.2, 0.25) is 0 Å². The summed E-state index contributed by atoms with van der Waals surface area (Å²) in [5, 5.41) is 5.65. The molecular weight excluding hydrogens is 354 g/mol. The predicted molar refractivity (Wildman–Crippen MR) is 107 cm³/mol. The molecule has 28 heavy (non-hydrogen) atoms. The lowest BCUT2D eigenvalue weighted by atomic mass is 9.80. The number of hydrogen-bond donors (Lipinski definition) is 1. The van der Waals surface area contributed by atoms with Crippen molar-refractivity contribution in [2.75, 3.05) is 26.1 Å². The van der Waals surface area contributed by atoms with E-state index in [1.165, 1.54) is 0 Å². The molecular formula is C23H19NO4. The summed E-state index contributed by atoms with van der Waals surface area (Å²) in [4.78, 5) is 12.6. The molecule has 5 nitrogen and oxygen atoms in total. The van der Waals surface area contributed by atoms with Gasteiger partial charge in [0, 0.05) is 17.7 Å². The fourth-order valence-electron chi connectivity index (χ4n) is 4.11. The van der Waals surface area contributed by atoms with Crippen LogP contribution < -0.4 is 14.8 Å². The van der Waals surface area contributed by atoms with E-state index in [9.17, 15) is 4.79 Å². The Morgan fingerprint density at radius 3 is 2.50 bits per heavy atom. The molecule has 3 aromatic rings. The maximum absolute atomic E-state index is 12.6. The summed E-state index contributed by atoms with van der Waals surface area (Å²) in [6.07, 6.45) is 0. The number of nitrogens with one attached hydrogen (secondary N) is 1. The van der Waals surface area contributed by atoms with Gasteiger partial charge in [-0.15, -0.1) is 0 Å². The van der Waals surface area contributed by atoms with Crippen LogP contribution >= 0.6 is 0 Å². The molecule has 5 rings (SSSR count). The second-order valence-electron chi connectivity index (χ2n) is 6.93. The van der Waals surface area contributed by atoms with Crippen molar-refractivity contribution in [1.29, 1.82) is 0 Å². The van der Waals surface area contributed by atoms with E-state index >= 15 is 0 Å². The topological polar surface area (TPSA) is 56.8 Å². The van der Waals surface area contributed by atoms with Gasteiger partial charge in [-0.2, -0.15) is 0 Å². The third-order valence-corrected chi connectivity index (χ3v) is 5.44. The molecule has 0 spiro atoms. The highest BCUT2D eigenvalue weighted by molar-refractivity contribution is 5.98. The Kier molecular flexibility index (Phi) is 3.76. The van der Waals surface area contributed by atoms with Crippen LogP contribution in [0.25, 0.3) is 10.8 Å². The molecule has 0 radical (unpaired) electrons. The molecule has 0 bridgehead atoms. The Labute approximate surface area is 162 Å². The number of ether oxygens (including phenoxy) is 3. The highest BCUT2D eigenvalue weighted by atomic mass is 16.5. The molecule has 0 aliphatic carbocycles. The second kappa shape index (κ2) is 6.30. The van der Waals surface area contributed by atoms with Gasteiger partial charge in [0.1, 0.15) is 6.61 Å². The molecule has 2 heterocycles. The lowest BCUT2D eigenvalue weighted by Gasteiger charge is -2.28. The number of carbonyl (C=O) groups is 1. The zero-order chi connectivity index (χ0) is 19.3. The van der Waals surface area contributed by atoms with Crippen molar-refractivity contribution in [1.82, 2.24) is 0 Å². The first-order valence-electron chi connectivity index (χ1n) is 9.11. The third kappa shape index (κ3) is 2.43. The van der Waals surface area contributed by atoms with Gasteiger partial charge in [-0.25, -0.2) is 4.79 Å². The van der Waals surface area contributed by atoms with Crippen molar-refractivity contribution >= 4 is 22.4 Å². The van der Waals surface area contributed by atoms with Crippen LogP contribution in [-0.4, -0.2) is 26.8 Å². The number of cyclic esters (lactones) is 1. The van der Waals surface area contributed by atoms with Gasteiger partial charge >= 0.3 is 5.97 Å². The Hall–Kier alpha value is -3.47. The molecule has 3 aromatic carbocycles. The number of fused-ring (bicyclic) bond motifs is 2. The van der Waals surface area contributed by atoms with Gasteiger partial charge in [-0.3, -0.25) is 0 Å². The summed E-state index contributed by atoms with van der Waals surface area (Å²) in [7, 11) is 3.22. The minimum atomic E-state index is -0.277. The summed E-state index contributed by atoms with van der Waals surface area (Å²) < 4.78 is 16.3. The number of hydrogen-bond acceptors (Lipinski definition) is 5. The molecule has 0 amide bonds. The van der Waals surface area contributed by atoms with Crippen LogP contribution in [-0.2, 0) is 9.53 Å². The van der Waals surface area contributed by atoms with Crippen LogP contribution in [0, 0.1) is 0 Å². The zero-order valence-electron chi connectivity index (χ0n) is 15.6. The number of carbonyl (C=O) groups excluding carboxylic acids is 1. The van der Waals surface area contributed by atoms with Crippen LogP contribution in [0.3, 0.4) is 0 Å². The lowest BCUT2D eigenvalue weighted by molar-refractivity contribution is -0.136. The first kappa shape index (κ1) is 16.7. The van der Waals surface area contributed by atoms with Crippen molar-refractivity contribution in [2.45, 2.75) is 5.92 Å². The molecule has 2 aliphatic rings. The van der Waals surface area contributed by atoms with E-state index in [2.05, 4.69) is 35.6 Å². The molecule has 2 aliphatic heterocycles. The SMILES string of the molecule is COc1cc2c(cc1OC)[C@H](c1ccc3ccccc3c1)C1=C(COC1=O)N2. The zero-order valence-corrected chi connectivity index (χ0v) is 15.6. The van der Waals surface area contributed by atoms with Crippen molar-refractivity contribution in [3.05, 3.63) is 77.0 Å². The first-order valence-corrected chi connectivity index (χ1v) is 9.11. The van der Waals surface area contributed by atoms with Crippen LogP contribution in [0.4, 0.5) is 5.69 Å². The molecule has 0 saturated heterocycles. The number of methoxy groups -OCH3 is 2. The molecule has 140 valence electrons. The van der Waals surface area contributed by atoms with E-state index in [0.29, 0.717) is 17.1 Å². The van der Waals surface area contributed by atoms with Crippen LogP contribution in [0.1, 0.15) is 17.0 Å². The van der Waals surface area contributed by atoms with E-state index in [1.54, 1.807) is 14.2 Å². The standard InChI is InChI=1S/C23H19NO4/c1-26-19-10-16-17(11-20(19)27-2)24-18-12-28-23(25)22(18)21(16)15-8-7-13-5-3-4-6-14(13)9-15/h3-11,21,24H,12H2,1-2H3/t21-/m0/s1. The molecule has 5 heteroatoms. The van der Waals surface area contributed by atoms with Gasteiger partial charge < -0.3 is 19.5 Å². The molecule has 0 aromatic heterocycles. The van der Waals surface area contributed by atoms with Crippen LogP contribution in [0.5, 0.6) is 11.5 Å². The minimum Gasteiger partial charge on any atom is -0.493 e. The van der Waals surface area contributed by atoms with E-state index in [4.69, 9.17) is 14.2 Å². The molecule has 1 N–H and O–H groups in total. The van der Waals surface area contributed by atoms with Gasteiger partial charge in [0.15, 0.2) is 11.5 Å². The largest absolute Gasteiger partial charge is 0.493 e. The van der Waals surface area contributed by atoms with Gasteiger partial charge in [0.25, 0.3) is 0 Å². The summed E-state index contributed by atoms with van der Waals surface area (Å²) in [6.45, 7) is 0.256. The smallest absolute Gasteiger partial charge is 0.337 e. The highest BCUT2D eigenvalue weighted by Crippen LogP contribution is 2.48. The normalized spacial score (nSPS) is 17.6. The summed E-state index contributed by atoms with van der Waals surface area (Å²) in [5.41, 5.74) is 4.37. The maximum Gasteiger partial charge on any atom is 0.337 e. The van der Waals surface area contributed by atoms with E-state index in [0.717, 1.165) is 33.3 Å². The van der Waals surface area contributed by atoms with E-state index in [1.807, 2.05) is 24.3 Å². The first-order chi connectivity index (χ1) is 13.7. The van der Waals surface area contributed by atoms with Gasteiger partial charge in [0.2, 0.25) is 0 Å². The second-order valence-corrected chi connectivity index (χ2v) is 6.93. The fourth-order valence-corrected chi connectivity index (χ4v) is 4.11. The number of benzene rings is 3. The average molecular weight is 373 g/mol. The van der Waals surface area contributed by atoms with Crippen molar-refractivity contribution in [3.8, 4) is 11.5 Å². The Bertz CT molecular complexity index is 1150. The van der Waals surface area contributed by atoms with E-state index in [-0.39, 0.29) is 18.5 Å². The summed E-state index contributed by atoms with van der Waals surface area (Å²) in [6, 6.07) is 18.4. The number of anilines is 1. The van der Waals surface area contributed by atoms with Gasteiger partial charge in [0.05, 0.1) is 25.5 Å². The summed E-state index contributed by atoms with van der Waals surface area (Å²) >= 11 is 0. The third-order valence-electron chi connectivity index (χ3n) is 5.44. The molecule has 1 atom stereocenters. The van der Waals surface area contributed by atoms with Crippen molar-refractivity contribution in [3.63, 3.8) is 0 Å².